The second kappa shape index (κ2) is 9.22. The van der Waals surface area contributed by atoms with Crippen molar-refractivity contribution in [1.82, 2.24) is 4.31 Å². The third-order valence-electron chi connectivity index (χ3n) is 5.44. The van der Waals surface area contributed by atoms with E-state index in [1.165, 1.54) is 27.0 Å². The smallest absolute Gasteiger partial charge is 0.244 e. The zero-order valence-electron chi connectivity index (χ0n) is 18.0. The number of nitrogens with one attached hydrogen (secondary N) is 1. The van der Waals surface area contributed by atoms with E-state index in [1.807, 2.05) is 32.0 Å². The average molecular weight is 476 g/mol. The monoisotopic (exact) mass is 475 g/mol. The van der Waals surface area contributed by atoms with Gasteiger partial charge in [0.05, 0.1) is 29.5 Å². The number of sulfonamides is 1. The average Bonchev–Trinajstić information content (AvgIpc) is 2.78. The number of rotatable bonds is 5. The van der Waals surface area contributed by atoms with Crippen LogP contribution in [-0.4, -0.2) is 63.1 Å². The Morgan fingerprint density at radius 2 is 1.88 bits per heavy atom. The topological polar surface area (TPSA) is 96.0 Å². The highest BCUT2D eigenvalue weighted by Crippen LogP contribution is 2.37. The van der Waals surface area contributed by atoms with Gasteiger partial charge in [0, 0.05) is 23.7 Å². The predicted molar refractivity (Wildman–Crippen MR) is 124 cm³/mol. The third-order valence-corrected chi connectivity index (χ3v) is 8.38. The van der Waals surface area contributed by atoms with Gasteiger partial charge in [0.25, 0.3) is 0 Å². The number of aryl methyl sites for hydroxylation is 2. The number of fused-ring (bicyclic) bond motifs is 1. The number of nitrogens with zero attached hydrogens (tertiary/aromatic N) is 2. The van der Waals surface area contributed by atoms with Crippen molar-refractivity contribution in [3.8, 4) is 0 Å². The number of anilines is 2. The molecule has 1 N–H and O–H groups in total. The zero-order valence-corrected chi connectivity index (χ0v) is 19.6. The van der Waals surface area contributed by atoms with Crippen LogP contribution in [0.1, 0.15) is 11.1 Å². The Hall–Kier alpha value is -2.40. The Labute approximate surface area is 192 Å². The van der Waals surface area contributed by atoms with Gasteiger partial charge in [-0.2, -0.15) is 4.31 Å². The summed E-state index contributed by atoms with van der Waals surface area (Å²) in [6.07, 6.45) is 0. The van der Waals surface area contributed by atoms with Crippen molar-refractivity contribution < 1.29 is 22.7 Å². The Kier molecular flexibility index (Phi) is 6.57. The minimum atomic E-state index is -3.72. The summed E-state index contributed by atoms with van der Waals surface area (Å²) in [5, 5.41) is 2.85. The van der Waals surface area contributed by atoms with E-state index in [9.17, 15) is 18.0 Å². The maximum atomic E-state index is 13.1. The second-order valence-electron chi connectivity index (χ2n) is 7.78. The lowest BCUT2D eigenvalue weighted by atomic mass is 10.1. The molecule has 1 saturated heterocycles. The van der Waals surface area contributed by atoms with Gasteiger partial charge in [0.1, 0.15) is 6.54 Å². The van der Waals surface area contributed by atoms with Gasteiger partial charge in [0.2, 0.25) is 21.8 Å². The van der Waals surface area contributed by atoms with E-state index in [2.05, 4.69) is 5.32 Å². The molecule has 2 aromatic carbocycles. The molecule has 2 aliphatic heterocycles. The van der Waals surface area contributed by atoms with Gasteiger partial charge in [-0.3, -0.25) is 9.59 Å². The van der Waals surface area contributed by atoms with Crippen molar-refractivity contribution >= 4 is 45.0 Å². The maximum Gasteiger partial charge on any atom is 0.244 e. The summed E-state index contributed by atoms with van der Waals surface area (Å²) < 4.78 is 32.8. The van der Waals surface area contributed by atoms with Gasteiger partial charge in [-0.05, 0) is 43.7 Å². The molecule has 4 rings (SSSR count). The molecule has 2 amide bonds. The molecular weight excluding hydrogens is 450 g/mol. The molecule has 1 fully saturated rings. The lowest BCUT2D eigenvalue weighted by Gasteiger charge is -2.30. The molecule has 2 aromatic rings. The number of benzene rings is 2. The largest absolute Gasteiger partial charge is 0.379 e. The van der Waals surface area contributed by atoms with Crippen LogP contribution in [0.2, 0.25) is 0 Å². The molecule has 2 aliphatic rings. The molecular formula is C22H25N3O5S2. The molecule has 32 heavy (non-hydrogen) atoms. The van der Waals surface area contributed by atoms with Gasteiger partial charge >= 0.3 is 0 Å². The second-order valence-corrected chi connectivity index (χ2v) is 10.7. The first-order valence-corrected chi connectivity index (χ1v) is 12.7. The highest BCUT2D eigenvalue weighted by Gasteiger charge is 2.31. The first-order chi connectivity index (χ1) is 15.3. The van der Waals surface area contributed by atoms with Crippen molar-refractivity contribution in [2.75, 3.05) is 48.8 Å². The van der Waals surface area contributed by atoms with Crippen LogP contribution in [0.4, 0.5) is 11.4 Å². The summed E-state index contributed by atoms with van der Waals surface area (Å²) >= 11 is 1.34. The normalized spacial score (nSPS) is 17.2. The molecule has 10 heteroatoms. The van der Waals surface area contributed by atoms with Crippen molar-refractivity contribution in [2.45, 2.75) is 23.6 Å². The first-order valence-electron chi connectivity index (χ1n) is 10.3. The van der Waals surface area contributed by atoms with Crippen LogP contribution in [0.3, 0.4) is 0 Å². The standard InChI is InChI=1S/C22H25N3O5S2/c1-15-3-5-18(16(2)11-15)23-21(26)13-25-19-12-17(4-6-20(19)31-14-22(25)27)32(28,29)24-7-9-30-10-8-24/h3-6,11-12H,7-10,13-14H2,1-2H3,(H,23,26). The molecule has 0 spiro atoms. The van der Waals surface area contributed by atoms with Crippen molar-refractivity contribution in [2.24, 2.45) is 0 Å². The van der Waals surface area contributed by atoms with E-state index in [1.54, 1.807) is 12.1 Å². The van der Waals surface area contributed by atoms with Crippen LogP contribution < -0.4 is 10.2 Å². The molecule has 2 heterocycles. The number of hydrogen-bond donors (Lipinski definition) is 1. The molecule has 170 valence electrons. The van der Waals surface area contributed by atoms with E-state index in [4.69, 9.17) is 4.74 Å². The molecule has 0 atom stereocenters. The zero-order chi connectivity index (χ0) is 22.9. The van der Waals surface area contributed by atoms with Crippen molar-refractivity contribution in [3.05, 3.63) is 47.5 Å². The maximum absolute atomic E-state index is 13.1. The van der Waals surface area contributed by atoms with Crippen LogP contribution in [0.15, 0.2) is 46.2 Å². The van der Waals surface area contributed by atoms with E-state index in [-0.39, 0.29) is 42.1 Å². The summed E-state index contributed by atoms with van der Waals surface area (Å²) in [6.45, 7) is 4.96. The van der Waals surface area contributed by atoms with Crippen LogP contribution in [-0.2, 0) is 24.3 Å². The fourth-order valence-corrected chi connectivity index (χ4v) is 6.08. The summed E-state index contributed by atoms with van der Waals surface area (Å²) in [4.78, 5) is 27.7. The minimum Gasteiger partial charge on any atom is -0.379 e. The van der Waals surface area contributed by atoms with Gasteiger partial charge in [-0.1, -0.05) is 17.7 Å². The number of ether oxygens (including phenoxy) is 1. The molecule has 0 aromatic heterocycles. The van der Waals surface area contributed by atoms with E-state index in [0.717, 1.165) is 16.0 Å². The summed E-state index contributed by atoms with van der Waals surface area (Å²) in [5.41, 5.74) is 3.14. The highest BCUT2D eigenvalue weighted by atomic mass is 32.2. The van der Waals surface area contributed by atoms with Crippen LogP contribution in [0, 0.1) is 13.8 Å². The van der Waals surface area contributed by atoms with E-state index < -0.39 is 10.0 Å². The first kappa shape index (κ1) is 22.8. The lowest BCUT2D eigenvalue weighted by molar-refractivity contribution is -0.120. The lowest BCUT2D eigenvalue weighted by Crippen LogP contribution is -2.42. The molecule has 0 aliphatic carbocycles. The Bertz CT molecular complexity index is 1160. The van der Waals surface area contributed by atoms with Gasteiger partial charge in [-0.25, -0.2) is 8.42 Å². The molecule has 0 radical (unpaired) electrons. The van der Waals surface area contributed by atoms with Crippen molar-refractivity contribution in [3.63, 3.8) is 0 Å². The van der Waals surface area contributed by atoms with Crippen LogP contribution in [0.5, 0.6) is 0 Å². The minimum absolute atomic E-state index is 0.105. The Morgan fingerprint density at radius 3 is 2.59 bits per heavy atom. The summed E-state index contributed by atoms with van der Waals surface area (Å²) in [7, 11) is -3.72. The van der Waals surface area contributed by atoms with E-state index in [0.29, 0.717) is 24.6 Å². The summed E-state index contributed by atoms with van der Waals surface area (Å²) in [6, 6.07) is 10.5. The fourth-order valence-electron chi connectivity index (χ4n) is 3.74. The number of carbonyl (C=O) groups is 2. The number of morpholine rings is 1. The third kappa shape index (κ3) is 4.68. The van der Waals surface area contributed by atoms with Crippen LogP contribution >= 0.6 is 11.8 Å². The molecule has 0 bridgehead atoms. The predicted octanol–water partition coefficient (Wildman–Crippen LogP) is 2.40. The number of amides is 2. The number of hydrogen-bond acceptors (Lipinski definition) is 6. The molecule has 0 saturated carbocycles. The van der Waals surface area contributed by atoms with Gasteiger partial charge in [-0.15, -0.1) is 11.8 Å². The van der Waals surface area contributed by atoms with Crippen molar-refractivity contribution in [1.29, 1.82) is 0 Å². The number of thioether (sulfide) groups is 1. The quantitative estimate of drug-likeness (QED) is 0.714. The Morgan fingerprint density at radius 1 is 1.12 bits per heavy atom. The van der Waals surface area contributed by atoms with Crippen LogP contribution in [0.25, 0.3) is 0 Å². The van der Waals surface area contributed by atoms with E-state index >= 15 is 0 Å². The fraction of sp³-hybridized carbons (Fsp3) is 0.364. The van der Waals surface area contributed by atoms with Gasteiger partial charge < -0.3 is 15.0 Å². The number of carbonyl (C=O) groups excluding carboxylic acids is 2. The Balaban J connectivity index is 1.59. The SMILES string of the molecule is Cc1ccc(NC(=O)CN2C(=O)CSc3ccc(S(=O)(=O)N4CCOCC4)cc32)c(C)c1. The highest BCUT2D eigenvalue weighted by molar-refractivity contribution is 8.00. The molecule has 8 nitrogen and oxygen atoms in total. The molecule has 0 unspecified atom stereocenters. The van der Waals surface area contributed by atoms with Gasteiger partial charge in [0.15, 0.2) is 0 Å². The summed E-state index contributed by atoms with van der Waals surface area (Å²) in [5.74, 6) is -0.386.